The maximum Gasteiger partial charge on any atom is 0.262 e. The van der Waals surface area contributed by atoms with Gasteiger partial charge in [0.1, 0.15) is 6.54 Å². The minimum Gasteiger partial charge on any atom is -0.350 e. The highest BCUT2D eigenvalue weighted by Crippen LogP contribution is 2.37. The summed E-state index contributed by atoms with van der Waals surface area (Å²) in [6.45, 7) is 5.62. The molecule has 3 amide bonds. The van der Waals surface area contributed by atoms with Crippen molar-refractivity contribution in [2.24, 2.45) is 5.41 Å². The van der Waals surface area contributed by atoms with Gasteiger partial charge in [-0.3, -0.25) is 19.3 Å². The molecular formula is C18H20N2O5. The lowest BCUT2D eigenvalue weighted by Gasteiger charge is -2.54. The first-order valence-corrected chi connectivity index (χ1v) is 8.31. The Morgan fingerprint density at radius 1 is 1.04 bits per heavy atom. The highest BCUT2D eigenvalue weighted by molar-refractivity contribution is 6.22. The van der Waals surface area contributed by atoms with Gasteiger partial charge in [-0.1, -0.05) is 12.1 Å². The molecule has 1 aromatic carbocycles. The van der Waals surface area contributed by atoms with Crippen LogP contribution in [0.2, 0.25) is 0 Å². The lowest BCUT2D eigenvalue weighted by molar-refractivity contribution is -0.302. The number of rotatable bonds is 2. The zero-order valence-electron chi connectivity index (χ0n) is 14.3. The molecule has 3 aliphatic rings. The number of ether oxygens (including phenoxy) is 2. The molecule has 7 heteroatoms. The number of amides is 3. The average molecular weight is 344 g/mol. The van der Waals surface area contributed by atoms with E-state index in [4.69, 9.17) is 9.47 Å². The first-order chi connectivity index (χ1) is 11.8. The van der Waals surface area contributed by atoms with Crippen LogP contribution >= 0.6 is 0 Å². The van der Waals surface area contributed by atoms with Crippen LogP contribution in [0.25, 0.3) is 0 Å². The Labute approximate surface area is 145 Å². The van der Waals surface area contributed by atoms with Gasteiger partial charge in [-0.2, -0.15) is 0 Å². The minimum absolute atomic E-state index is 0.173. The Morgan fingerprint density at radius 2 is 1.56 bits per heavy atom. The van der Waals surface area contributed by atoms with Gasteiger partial charge >= 0.3 is 0 Å². The molecule has 0 saturated carbocycles. The maximum absolute atomic E-state index is 12.5. The summed E-state index contributed by atoms with van der Waals surface area (Å²) in [6.07, 6.45) is 0. The molecule has 0 radical (unpaired) electrons. The number of carbonyl (C=O) groups is 3. The third-order valence-electron chi connectivity index (χ3n) is 5.03. The van der Waals surface area contributed by atoms with Crippen LogP contribution in [-0.4, -0.2) is 66.2 Å². The molecule has 4 rings (SSSR count). The topological polar surface area (TPSA) is 76.2 Å². The number of carbonyl (C=O) groups excluding carboxylic acids is 3. The molecule has 3 aliphatic heterocycles. The van der Waals surface area contributed by atoms with Crippen molar-refractivity contribution in [1.29, 1.82) is 0 Å². The van der Waals surface area contributed by atoms with Crippen molar-refractivity contribution in [3.05, 3.63) is 35.4 Å². The van der Waals surface area contributed by atoms with E-state index in [9.17, 15) is 14.4 Å². The van der Waals surface area contributed by atoms with Crippen LogP contribution < -0.4 is 0 Å². The van der Waals surface area contributed by atoms with Crippen molar-refractivity contribution in [3.8, 4) is 0 Å². The molecule has 0 aliphatic carbocycles. The summed E-state index contributed by atoms with van der Waals surface area (Å²) in [5, 5.41) is 0. The Hall–Kier alpha value is -2.25. The summed E-state index contributed by atoms with van der Waals surface area (Å²) < 4.78 is 11.4. The van der Waals surface area contributed by atoms with E-state index < -0.39 is 17.6 Å². The minimum atomic E-state index is -0.587. The molecule has 0 unspecified atom stereocenters. The van der Waals surface area contributed by atoms with E-state index >= 15 is 0 Å². The molecule has 0 bridgehead atoms. The van der Waals surface area contributed by atoms with Crippen molar-refractivity contribution >= 4 is 17.7 Å². The summed E-state index contributed by atoms with van der Waals surface area (Å²) >= 11 is 0. The quantitative estimate of drug-likeness (QED) is 0.745. The summed E-state index contributed by atoms with van der Waals surface area (Å²) in [6, 6.07) is 6.63. The molecule has 7 nitrogen and oxygen atoms in total. The monoisotopic (exact) mass is 344 g/mol. The molecule has 0 N–H and O–H groups in total. The molecule has 0 aromatic heterocycles. The second-order valence-corrected chi connectivity index (χ2v) is 7.47. The fourth-order valence-electron chi connectivity index (χ4n) is 3.48. The summed E-state index contributed by atoms with van der Waals surface area (Å²) in [7, 11) is 0. The van der Waals surface area contributed by atoms with Crippen LogP contribution in [0.15, 0.2) is 24.3 Å². The predicted molar refractivity (Wildman–Crippen MR) is 86.8 cm³/mol. The number of hydrogen-bond acceptors (Lipinski definition) is 5. The first kappa shape index (κ1) is 16.2. The van der Waals surface area contributed by atoms with Crippen molar-refractivity contribution in [2.45, 2.75) is 19.6 Å². The third-order valence-corrected chi connectivity index (χ3v) is 5.03. The fourth-order valence-corrected chi connectivity index (χ4v) is 3.48. The highest BCUT2D eigenvalue weighted by atomic mass is 16.7. The molecule has 1 spiro atoms. The zero-order chi connectivity index (χ0) is 17.8. The summed E-state index contributed by atoms with van der Waals surface area (Å²) in [5.41, 5.74) is 0.543. The predicted octanol–water partition coefficient (Wildman–Crippen LogP) is 0.894. The van der Waals surface area contributed by atoms with Crippen LogP contribution in [0, 0.1) is 5.41 Å². The molecule has 132 valence electrons. The maximum atomic E-state index is 12.5. The van der Waals surface area contributed by atoms with Gasteiger partial charge in [0.25, 0.3) is 11.8 Å². The number of nitrogens with zero attached hydrogens (tertiary/aromatic N) is 2. The highest BCUT2D eigenvalue weighted by Gasteiger charge is 2.50. The lowest BCUT2D eigenvalue weighted by atomic mass is 9.80. The zero-order valence-corrected chi connectivity index (χ0v) is 14.3. The van der Waals surface area contributed by atoms with Gasteiger partial charge in [-0.15, -0.1) is 0 Å². The molecule has 2 saturated heterocycles. The van der Waals surface area contributed by atoms with Crippen LogP contribution in [-0.2, 0) is 14.3 Å². The largest absolute Gasteiger partial charge is 0.350 e. The van der Waals surface area contributed by atoms with Crippen molar-refractivity contribution < 1.29 is 23.9 Å². The van der Waals surface area contributed by atoms with Gasteiger partial charge in [0.05, 0.1) is 29.8 Å². The van der Waals surface area contributed by atoms with Crippen molar-refractivity contribution in [3.63, 3.8) is 0 Å². The second-order valence-electron chi connectivity index (χ2n) is 7.47. The van der Waals surface area contributed by atoms with E-state index in [-0.39, 0.29) is 17.9 Å². The van der Waals surface area contributed by atoms with Gasteiger partial charge in [0.2, 0.25) is 5.91 Å². The first-order valence-electron chi connectivity index (χ1n) is 8.31. The number of likely N-dealkylation sites (tertiary alicyclic amines) is 1. The second kappa shape index (κ2) is 5.37. The Kier molecular flexibility index (Phi) is 3.49. The third kappa shape index (κ3) is 2.63. The number of fused-ring (bicyclic) bond motifs is 1. The van der Waals surface area contributed by atoms with Gasteiger partial charge < -0.3 is 14.4 Å². The van der Waals surface area contributed by atoms with Gasteiger partial charge in [0, 0.05) is 13.1 Å². The summed E-state index contributed by atoms with van der Waals surface area (Å²) in [4.78, 5) is 39.8. The van der Waals surface area contributed by atoms with Crippen LogP contribution in [0.1, 0.15) is 34.6 Å². The number of benzene rings is 1. The van der Waals surface area contributed by atoms with Crippen LogP contribution in [0.5, 0.6) is 0 Å². The Morgan fingerprint density at radius 3 is 2.08 bits per heavy atom. The molecular weight excluding hydrogens is 324 g/mol. The Bertz CT molecular complexity index is 719. The van der Waals surface area contributed by atoms with E-state index in [0.717, 1.165) is 4.90 Å². The number of imide groups is 1. The van der Waals surface area contributed by atoms with Crippen LogP contribution in [0.3, 0.4) is 0 Å². The van der Waals surface area contributed by atoms with Crippen molar-refractivity contribution in [1.82, 2.24) is 9.80 Å². The summed E-state index contributed by atoms with van der Waals surface area (Å²) in [5.74, 6) is -1.63. The molecule has 1 aromatic rings. The van der Waals surface area contributed by atoms with Gasteiger partial charge in [-0.25, -0.2) is 0 Å². The smallest absolute Gasteiger partial charge is 0.262 e. The van der Waals surface area contributed by atoms with E-state index in [1.54, 1.807) is 29.2 Å². The molecule has 3 heterocycles. The molecule has 25 heavy (non-hydrogen) atoms. The SMILES string of the molecule is CC1(C)OCC2(CO1)CN(C(=O)CN1C(=O)c3ccccc3C1=O)C2. The number of hydrogen-bond donors (Lipinski definition) is 0. The van der Waals surface area contributed by atoms with E-state index in [1.165, 1.54) is 0 Å². The normalized spacial score (nSPS) is 23.6. The van der Waals surface area contributed by atoms with Gasteiger partial charge in [0.15, 0.2) is 5.79 Å². The molecule has 2 fully saturated rings. The van der Waals surface area contributed by atoms with E-state index in [2.05, 4.69) is 0 Å². The standard InChI is InChI=1S/C18H20N2O5/c1-17(2)24-10-18(11-25-17)8-19(9-18)14(21)7-20-15(22)12-5-3-4-6-13(12)16(20)23/h3-6H,7-11H2,1-2H3. The molecule has 0 atom stereocenters. The van der Waals surface area contributed by atoms with Gasteiger partial charge in [-0.05, 0) is 26.0 Å². The average Bonchev–Trinajstić information content (AvgIpc) is 2.79. The Balaban J connectivity index is 1.37. The van der Waals surface area contributed by atoms with Crippen LogP contribution in [0.4, 0.5) is 0 Å². The van der Waals surface area contributed by atoms with E-state index in [0.29, 0.717) is 37.4 Å². The lowest BCUT2D eigenvalue weighted by Crippen LogP contribution is -2.66. The van der Waals surface area contributed by atoms with Crippen molar-refractivity contribution in [2.75, 3.05) is 32.8 Å². The fraction of sp³-hybridized carbons (Fsp3) is 0.500. The van der Waals surface area contributed by atoms with E-state index in [1.807, 2.05) is 13.8 Å².